The largest absolute Gasteiger partial charge is 0.242 e. The predicted molar refractivity (Wildman–Crippen MR) is 52.1 cm³/mol. The lowest BCUT2D eigenvalue weighted by molar-refractivity contribution is 0.573. The van der Waals surface area contributed by atoms with Gasteiger partial charge in [0.05, 0.1) is 0 Å². The summed E-state index contributed by atoms with van der Waals surface area (Å²) in [5.41, 5.74) is 0. The van der Waals surface area contributed by atoms with Gasteiger partial charge in [-0.2, -0.15) is 0 Å². The lowest BCUT2D eigenvalue weighted by Crippen LogP contribution is -2.23. The standard InChI is InChI=1S/C7H9ClO2S2/c1-7(2,12(8,9)10)6-4-3-5-11-6/h3-5H,1-2H3. The Balaban J connectivity index is 3.20. The van der Waals surface area contributed by atoms with E-state index in [1.54, 1.807) is 19.9 Å². The van der Waals surface area contributed by atoms with Gasteiger partial charge >= 0.3 is 0 Å². The van der Waals surface area contributed by atoms with E-state index in [0.29, 0.717) is 0 Å². The molecule has 1 rings (SSSR count). The highest BCUT2D eigenvalue weighted by molar-refractivity contribution is 8.14. The van der Waals surface area contributed by atoms with Crippen LogP contribution in [-0.4, -0.2) is 8.42 Å². The molecule has 1 heterocycles. The molecular formula is C7H9ClO2S2. The number of halogens is 1. The van der Waals surface area contributed by atoms with Gasteiger partial charge in [-0.05, 0) is 25.3 Å². The van der Waals surface area contributed by atoms with Crippen LogP contribution in [0.25, 0.3) is 0 Å². The van der Waals surface area contributed by atoms with E-state index in [0.717, 1.165) is 4.88 Å². The van der Waals surface area contributed by atoms with E-state index in [1.165, 1.54) is 11.3 Å². The molecule has 0 aliphatic heterocycles. The fourth-order valence-electron chi connectivity index (χ4n) is 0.741. The van der Waals surface area contributed by atoms with Crippen molar-refractivity contribution in [1.82, 2.24) is 0 Å². The first-order chi connectivity index (χ1) is 5.36. The highest BCUT2D eigenvalue weighted by Crippen LogP contribution is 2.34. The summed E-state index contributed by atoms with van der Waals surface area (Å²) in [5, 5.41) is 1.83. The molecule has 1 aromatic heterocycles. The van der Waals surface area contributed by atoms with Gasteiger partial charge in [0.2, 0.25) is 9.05 Å². The number of hydrogen-bond donors (Lipinski definition) is 0. The molecule has 0 atom stereocenters. The molecule has 0 spiro atoms. The maximum Gasteiger partial charge on any atom is 0.242 e. The molecule has 2 nitrogen and oxygen atoms in total. The van der Waals surface area contributed by atoms with Gasteiger partial charge in [-0.1, -0.05) is 6.07 Å². The van der Waals surface area contributed by atoms with Gasteiger partial charge in [-0.25, -0.2) is 8.42 Å². The average Bonchev–Trinajstić information content (AvgIpc) is 2.34. The van der Waals surface area contributed by atoms with Crippen molar-refractivity contribution in [1.29, 1.82) is 0 Å². The van der Waals surface area contributed by atoms with Gasteiger partial charge in [0.15, 0.2) is 0 Å². The van der Waals surface area contributed by atoms with E-state index in [9.17, 15) is 8.42 Å². The molecule has 0 N–H and O–H groups in total. The van der Waals surface area contributed by atoms with Gasteiger partial charge in [0.1, 0.15) is 4.75 Å². The zero-order chi connectivity index (χ0) is 9.41. The van der Waals surface area contributed by atoms with Crippen LogP contribution in [0.4, 0.5) is 0 Å². The third-order valence-electron chi connectivity index (χ3n) is 1.72. The second-order valence-corrected chi connectivity index (χ2v) is 6.99. The molecule has 0 saturated heterocycles. The van der Waals surface area contributed by atoms with Crippen LogP contribution < -0.4 is 0 Å². The van der Waals surface area contributed by atoms with Crippen LogP contribution in [0.3, 0.4) is 0 Å². The van der Waals surface area contributed by atoms with Crippen LogP contribution >= 0.6 is 22.0 Å². The Hall–Kier alpha value is -0.0600. The van der Waals surface area contributed by atoms with Crippen molar-refractivity contribution in [3.8, 4) is 0 Å². The second-order valence-electron chi connectivity index (χ2n) is 2.93. The van der Waals surface area contributed by atoms with E-state index in [2.05, 4.69) is 0 Å². The molecule has 0 aromatic carbocycles. The minimum atomic E-state index is -3.54. The van der Waals surface area contributed by atoms with Gasteiger partial charge in [0, 0.05) is 15.6 Å². The van der Waals surface area contributed by atoms with Gasteiger partial charge < -0.3 is 0 Å². The first kappa shape index (κ1) is 10.0. The summed E-state index contributed by atoms with van der Waals surface area (Å²) in [7, 11) is 1.75. The van der Waals surface area contributed by atoms with Crippen LogP contribution in [0.15, 0.2) is 17.5 Å². The van der Waals surface area contributed by atoms with Crippen molar-refractivity contribution in [3.05, 3.63) is 22.4 Å². The lowest BCUT2D eigenvalue weighted by atomic mass is 10.2. The molecule has 0 bridgehead atoms. The molecule has 0 unspecified atom stereocenters. The van der Waals surface area contributed by atoms with E-state index in [1.807, 2.05) is 11.4 Å². The molecule has 0 saturated carbocycles. The number of rotatable bonds is 2. The van der Waals surface area contributed by atoms with Crippen molar-refractivity contribution in [2.75, 3.05) is 0 Å². The third kappa shape index (κ3) is 1.65. The van der Waals surface area contributed by atoms with Gasteiger partial charge in [-0.15, -0.1) is 11.3 Å². The van der Waals surface area contributed by atoms with Crippen molar-refractivity contribution >= 4 is 31.1 Å². The molecule has 0 fully saturated rings. The van der Waals surface area contributed by atoms with Crippen molar-refractivity contribution in [2.45, 2.75) is 18.6 Å². The summed E-state index contributed by atoms with van der Waals surface area (Å²) in [6.07, 6.45) is 0. The first-order valence-corrected chi connectivity index (χ1v) is 6.53. The Bertz CT molecular complexity index is 351. The zero-order valence-electron chi connectivity index (χ0n) is 6.74. The molecule has 0 radical (unpaired) electrons. The summed E-state index contributed by atoms with van der Waals surface area (Å²) in [4.78, 5) is 0.762. The number of thiophene rings is 1. The molecule has 0 aliphatic carbocycles. The quantitative estimate of drug-likeness (QED) is 0.724. The molecule has 68 valence electrons. The Morgan fingerprint density at radius 1 is 1.50 bits per heavy atom. The van der Waals surface area contributed by atoms with Crippen molar-refractivity contribution in [3.63, 3.8) is 0 Å². The summed E-state index contributed by atoms with van der Waals surface area (Å²) in [5.74, 6) is 0. The monoisotopic (exact) mass is 224 g/mol. The average molecular weight is 225 g/mol. The predicted octanol–water partition coefficient (Wildman–Crippen LogP) is 2.55. The van der Waals surface area contributed by atoms with Crippen LogP contribution in [-0.2, 0) is 13.8 Å². The third-order valence-corrected chi connectivity index (χ3v) is 5.64. The van der Waals surface area contributed by atoms with Gasteiger partial charge in [0.25, 0.3) is 0 Å². The minimum absolute atomic E-state index is 0.762. The number of hydrogen-bond acceptors (Lipinski definition) is 3. The molecule has 12 heavy (non-hydrogen) atoms. The van der Waals surface area contributed by atoms with Crippen LogP contribution in [0.2, 0.25) is 0 Å². The van der Waals surface area contributed by atoms with Crippen molar-refractivity contribution < 1.29 is 8.42 Å². The lowest BCUT2D eigenvalue weighted by Gasteiger charge is -2.18. The first-order valence-electron chi connectivity index (χ1n) is 3.34. The smallest absolute Gasteiger partial charge is 0.211 e. The highest BCUT2D eigenvalue weighted by atomic mass is 35.7. The van der Waals surface area contributed by atoms with Gasteiger partial charge in [-0.3, -0.25) is 0 Å². The maximum atomic E-state index is 11.1. The molecule has 0 amide bonds. The van der Waals surface area contributed by atoms with E-state index in [4.69, 9.17) is 10.7 Å². The summed E-state index contributed by atoms with van der Waals surface area (Å²) >= 11 is 1.39. The van der Waals surface area contributed by atoms with E-state index >= 15 is 0 Å². The maximum absolute atomic E-state index is 11.1. The second kappa shape index (κ2) is 3.01. The Morgan fingerprint density at radius 3 is 2.42 bits per heavy atom. The SMILES string of the molecule is CC(C)(c1cccs1)S(=O)(=O)Cl. The molecule has 1 aromatic rings. The van der Waals surface area contributed by atoms with E-state index in [-0.39, 0.29) is 0 Å². The van der Waals surface area contributed by atoms with E-state index < -0.39 is 13.8 Å². The highest BCUT2D eigenvalue weighted by Gasteiger charge is 2.35. The Labute approximate surface area is 80.6 Å². The minimum Gasteiger partial charge on any atom is -0.211 e. The van der Waals surface area contributed by atoms with Crippen LogP contribution in [0.1, 0.15) is 18.7 Å². The summed E-state index contributed by atoms with van der Waals surface area (Å²) < 4.78 is 21.3. The fourth-order valence-corrected chi connectivity index (χ4v) is 2.65. The van der Waals surface area contributed by atoms with Crippen LogP contribution in [0, 0.1) is 0 Å². The topological polar surface area (TPSA) is 34.1 Å². The van der Waals surface area contributed by atoms with Crippen molar-refractivity contribution in [2.24, 2.45) is 0 Å². The normalized spacial score (nSPS) is 13.2. The fraction of sp³-hybridized carbons (Fsp3) is 0.429. The summed E-state index contributed by atoms with van der Waals surface area (Å²) in [6, 6.07) is 3.58. The van der Waals surface area contributed by atoms with Crippen LogP contribution in [0.5, 0.6) is 0 Å². The molecular weight excluding hydrogens is 216 g/mol. The Kier molecular flexibility index (Phi) is 2.52. The Morgan fingerprint density at radius 2 is 2.08 bits per heavy atom. The summed E-state index contributed by atoms with van der Waals surface area (Å²) in [6.45, 7) is 3.20. The molecule has 5 heteroatoms. The zero-order valence-corrected chi connectivity index (χ0v) is 9.13. The molecule has 0 aliphatic rings.